The van der Waals surface area contributed by atoms with Crippen molar-refractivity contribution < 1.29 is 4.79 Å². The minimum Gasteiger partial charge on any atom is -0.300 e. The minimum absolute atomic E-state index is 0.133. The first-order valence-corrected chi connectivity index (χ1v) is 7.91. The van der Waals surface area contributed by atoms with E-state index in [9.17, 15) is 4.79 Å². The zero-order chi connectivity index (χ0) is 15.5. The summed E-state index contributed by atoms with van der Waals surface area (Å²) in [7, 11) is 0. The number of thioether (sulfide) groups is 1. The number of aryl methyl sites for hydroxylation is 1. The summed E-state index contributed by atoms with van der Waals surface area (Å²) >= 11 is 7.19. The molecule has 110 valence electrons. The molecule has 0 atom stereocenters. The third kappa shape index (κ3) is 3.59. The van der Waals surface area contributed by atoms with E-state index < -0.39 is 0 Å². The number of amides is 1. The third-order valence-corrected chi connectivity index (χ3v) is 4.21. The van der Waals surface area contributed by atoms with Gasteiger partial charge in [-0.2, -0.15) is 0 Å². The Balaban J connectivity index is 1.82. The van der Waals surface area contributed by atoms with E-state index >= 15 is 0 Å². The van der Waals surface area contributed by atoms with Crippen molar-refractivity contribution in [2.24, 2.45) is 4.99 Å². The first kappa shape index (κ1) is 14.9. The summed E-state index contributed by atoms with van der Waals surface area (Å²) in [4.78, 5) is 17.1. The number of aliphatic imine (C=N–C) groups is 1. The smallest absolute Gasteiger partial charge is 0.264 e. The molecule has 5 heteroatoms. The maximum atomic E-state index is 12.0. The minimum atomic E-state index is -0.133. The molecule has 1 aliphatic rings. The summed E-state index contributed by atoms with van der Waals surface area (Å²) in [5.74, 6) is -0.133. The molecule has 0 spiro atoms. The van der Waals surface area contributed by atoms with Gasteiger partial charge in [-0.15, -0.1) is 0 Å². The number of rotatable bonds is 2. The second kappa shape index (κ2) is 6.38. The average Bonchev–Trinajstić information content (AvgIpc) is 2.81. The van der Waals surface area contributed by atoms with E-state index in [-0.39, 0.29) is 5.91 Å². The molecule has 0 radical (unpaired) electrons. The molecule has 3 nitrogen and oxygen atoms in total. The van der Waals surface area contributed by atoms with Crippen LogP contribution in [0.2, 0.25) is 5.02 Å². The Labute approximate surface area is 138 Å². The molecule has 0 saturated carbocycles. The molecule has 1 saturated heterocycles. The van der Waals surface area contributed by atoms with Crippen molar-refractivity contribution >= 4 is 46.2 Å². The van der Waals surface area contributed by atoms with E-state index in [1.807, 2.05) is 49.4 Å². The normalized spacial score (nSPS) is 18.0. The molecule has 3 rings (SSSR count). The van der Waals surface area contributed by atoms with Crippen LogP contribution in [-0.2, 0) is 4.79 Å². The van der Waals surface area contributed by atoms with E-state index in [1.54, 1.807) is 12.1 Å². The van der Waals surface area contributed by atoms with Crippen molar-refractivity contribution in [1.82, 2.24) is 5.32 Å². The lowest BCUT2D eigenvalue weighted by molar-refractivity contribution is -0.115. The maximum absolute atomic E-state index is 12.0. The molecular formula is C17H13ClN2OS. The number of nitrogens with one attached hydrogen (secondary N) is 1. The largest absolute Gasteiger partial charge is 0.300 e. The van der Waals surface area contributed by atoms with Gasteiger partial charge in [0.2, 0.25) is 0 Å². The molecular weight excluding hydrogens is 316 g/mol. The van der Waals surface area contributed by atoms with Gasteiger partial charge in [-0.25, -0.2) is 4.99 Å². The lowest BCUT2D eigenvalue weighted by atomic mass is 10.2. The predicted molar refractivity (Wildman–Crippen MR) is 93.4 cm³/mol. The Bertz CT molecular complexity index is 782. The average molecular weight is 329 g/mol. The number of carbonyl (C=O) groups excluding carboxylic acids is 1. The van der Waals surface area contributed by atoms with Crippen molar-refractivity contribution in [3.63, 3.8) is 0 Å². The van der Waals surface area contributed by atoms with Gasteiger partial charge in [-0.3, -0.25) is 4.79 Å². The molecule has 1 fully saturated rings. The van der Waals surface area contributed by atoms with E-state index in [0.29, 0.717) is 15.1 Å². The van der Waals surface area contributed by atoms with Crippen molar-refractivity contribution in [3.05, 3.63) is 69.6 Å². The van der Waals surface area contributed by atoms with Crippen LogP contribution in [0.15, 0.2) is 58.4 Å². The Hall–Kier alpha value is -2.04. The second-order valence-electron chi connectivity index (χ2n) is 4.87. The molecule has 0 aliphatic carbocycles. The highest BCUT2D eigenvalue weighted by atomic mass is 35.5. The van der Waals surface area contributed by atoms with E-state index in [2.05, 4.69) is 10.3 Å². The van der Waals surface area contributed by atoms with Crippen molar-refractivity contribution in [2.75, 3.05) is 0 Å². The van der Waals surface area contributed by atoms with Crippen LogP contribution in [0.4, 0.5) is 5.69 Å². The van der Waals surface area contributed by atoms with Gasteiger partial charge in [0.05, 0.1) is 10.6 Å². The molecule has 0 aromatic heterocycles. The Morgan fingerprint density at radius 1 is 1.18 bits per heavy atom. The molecule has 1 N–H and O–H groups in total. The predicted octanol–water partition coefficient (Wildman–Crippen LogP) is 4.54. The molecule has 1 amide bonds. The van der Waals surface area contributed by atoms with Gasteiger partial charge in [0.1, 0.15) is 0 Å². The van der Waals surface area contributed by atoms with E-state index in [0.717, 1.165) is 16.8 Å². The molecule has 0 bridgehead atoms. The number of halogens is 1. The first-order chi connectivity index (χ1) is 10.6. The molecule has 2 aromatic carbocycles. The Morgan fingerprint density at radius 2 is 1.95 bits per heavy atom. The number of amidine groups is 1. The monoisotopic (exact) mass is 328 g/mol. The van der Waals surface area contributed by atoms with Crippen molar-refractivity contribution in [3.8, 4) is 0 Å². The van der Waals surface area contributed by atoms with Gasteiger partial charge in [0, 0.05) is 5.02 Å². The quantitative estimate of drug-likeness (QED) is 0.822. The van der Waals surface area contributed by atoms with Gasteiger partial charge in [0.15, 0.2) is 5.17 Å². The highest BCUT2D eigenvalue weighted by Crippen LogP contribution is 2.28. The molecule has 1 heterocycles. The highest BCUT2D eigenvalue weighted by Gasteiger charge is 2.23. The summed E-state index contributed by atoms with van der Waals surface area (Å²) in [5, 5.41) is 4.05. The Morgan fingerprint density at radius 3 is 2.68 bits per heavy atom. The molecule has 0 unspecified atom stereocenters. The number of benzene rings is 2. The fourth-order valence-electron chi connectivity index (χ4n) is 2.01. The van der Waals surface area contributed by atoms with Crippen LogP contribution in [0.1, 0.15) is 11.1 Å². The fraction of sp³-hybridized carbons (Fsp3) is 0.0588. The van der Waals surface area contributed by atoms with Gasteiger partial charge >= 0.3 is 0 Å². The molecule has 1 aliphatic heterocycles. The lowest BCUT2D eigenvalue weighted by Gasteiger charge is -1.97. The van der Waals surface area contributed by atoms with Gasteiger partial charge < -0.3 is 5.32 Å². The standard InChI is InChI=1S/C17H13ClN2OS/c1-11-3-2-4-14(9-11)19-17-20-16(21)15(22-17)10-12-5-7-13(18)8-6-12/h2-10H,1H3,(H,19,20,21). The summed E-state index contributed by atoms with van der Waals surface area (Å²) in [6.45, 7) is 2.01. The van der Waals surface area contributed by atoms with Crippen molar-refractivity contribution in [1.29, 1.82) is 0 Å². The van der Waals surface area contributed by atoms with E-state index in [4.69, 9.17) is 11.6 Å². The molecule has 22 heavy (non-hydrogen) atoms. The lowest BCUT2D eigenvalue weighted by Crippen LogP contribution is -2.19. The van der Waals surface area contributed by atoms with E-state index in [1.165, 1.54) is 11.8 Å². The number of carbonyl (C=O) groups is 1. The number of hydrogen-bond donors (Lipinski definition) is 1. The zero-order valence-electron chi connectivity index (χ0n) is 11.8. The van der Waals surface area contributed by atoms with Gasteiger partial charge in [-0.1, -0.05) is 35.9 Å². The first-order valence-electron chi connectivity index (χ1n) is 6.72. The van der Waals surface area contributed by atoms with Crippen molar-refractivity contribution in [2.45, 2.75) is 6.92 Å². The highest BCUT2D eigenvalue weighted by molar-refractivity contribution is 8.18. The van der Waals surface area contributed by atoms with Crippen LogP contribution in [-0.4, -0.2) is 11.1 Å². The van der Waals surface area contributed by atoms with Gasteiger partial charge in [-0.05, 0) is 60.2 Å². The van der Waals surface area contributed by atoms with Crippen LogP contribution in [0.25, 0.3) is 6.08 Å². The summed E-state index contributed by atoms with van der Waals surface area (Å²) in [6.07, 6.45) is 1.83. The molecule has 2 aromatic rings. The number of hydrogen-bond acceptors (Lipinski definition) is 3. The van der Waals surface area contributed by atoms with Crippen LogP contribution in [0.3, 0.4) is 0 Å². The maximum Gasteiger partial charge on any atom is 0.264 e. The third-order valence-electron chi connectivity index (χ3n) is 3.05. The summed E-state index contributed by atoms with van der Waals surface area (Å²) in [6, 6.07) is 15.2. The summed E-state index contributed by atoms with van der Waals surface area (Å²) < 4.78 is 0. The van der Waals surface area contributed by atoms with Gasteiger partial charge in [0.25, 0.3) is 5.91 Å². The SMILES string of the molecule is Cc1cccc(N=C2NC(=O)C(=Cc3ccc(Cl)cc3)S2)c1. The van der Waals surface area contributed by atoms with Crippen LogP contribution >= 0.6 is 23.4 Å². The van der Waals surface area contributed by atoms with Crippen LogP contribution in [0.5, 0.6) is 0 Å². The zero-order valence-corrected chi connectivity index (χ0v) is 13.4. The number of nitrogens with zero attached hydrogens (tertiary/aromatic N) is 1. The summed E-state index contributed by atoms with van der Waals surface area (Å²) in [5.41, 5.74) is 2.89. The Kier molecular flexibility index (Phi) is 4.32. The van der Waals surface area contributed by atoms with Crippen LogP contribution < -0.4 is 5.32 Å². The second-order valence-corrected chi connectivity index (χ2v) is 6.34. The van der Waals surface area contributed by atoms with Crippen LogP contribution in [0, 0.1) is 6.92 Å². The topological polar surface area (TPSA) is 41.5 Å². The fourth-order valence-corrected chi connectivity index (χ4v) is 2.97.